The molecule has 0 saturated heterocycles. The van der Waals surface area contributed by atoms with Gasteiger partial charge >= 0.3 is 5.97 Å². The first-order valence-electron chi connectivity index (χ1n) is 12.9. The zero-order chi connectivity index (χ0) is 31.8. The summed E-state index contributed by atoms with van der Waals surface area (Å²) < 4.78 is 0. The van der Waals surface area contributed by atoms with Gasteiger partial charge in [0.15, 0.2) is 0 Å². The van der Waals surface area contributed by atoms with E-state index in [-0.39, 0.29) is 22.0 Å². The highest BCUT2D eigenvalue weighted by Crippen LogP contribution is 2.29. The van der Waals surface area contributed by atoms with Crippen LogP contribution in [0.1, 0.15) is 33.2 Å². The molecule has 0 aliphatic carbocycles. The second-order valence-electron chi connectivity index (χ2n) is 9.28. The van der Waals surface area contributed by atoms with Crippen LogP contribution in [0.15, 0.2) is 102 Å². The molecule has 0 spiro atoms. The van der Waals surface area contributed by atoms with Gasteiger partial charge in [0, 0.05) is 26.2 Å². The van der Waals surface area contributed by atoms with Crippen molar-refractivity contribution in [1.82, 2.24) is 5.32 Å². The lowest BCUT2D eigenvalue weighted by Crippen LogP contribution is -2.30. The van der Waals surface area contributed by atoms with Crippen LogP contribution in [-0.2, 0) is 9.59 Å². The molecule has 1 unspecified atom stereocenters. The molecule has 1 atom stereocenters. The highest BCUT2D eigenvalue weighted by Gasteiger charge is 2.19. The number of carbonyl (C=O) groups is 4. The monoisotopic (exact) mass is 667 g/mol. The number of anilines is 2. The van der Waals surface area contributed by atoms with Crippen molar-refractivity contribution in [3.05, 3.63) is 128 Å². The Morgan fingerprint density at radius 1 is 0.795 bits per heavy atom. The van der Waals surface area contributed by atoms with E-state index in [2.05, 4.69) is 16.0 Å². The number of benzene rings is 4. The van der Waals surface area contributed by atoms with E-state index in [1.807, 2.05) is 0 Å². The highest BCUT2D eigenvalue weighted by molar-refractivity contribution is 8.00. The van der Waals surface area contributed by atoms with Crippen LogP contribution in [0.2, 0.25) is 15.1 Å². The first-order chi connectivity index (χ1) is 21.0. The number of hydrogen-bond acceptors (Lipinski definition) is 5. The van der Waals surface area contributed by atoms with Gasteiger partial charge in [-0.25, -0.2) is 4.79 Å². The molecule has 8 nitrogen and oxygen atoms in total. The van der Waals surface area contributed by atoms with Crippen LogP contribution in [-0.4, -0.2) is 34.0 Å². The van der Waals surface area contributed by atoms with E-state index in [1.165, 1.54) is 42.1 Å². The van der Waals surface area contributed by atoms with Gasteiger partial charge in [-0.3, -0.25) is 14.4 Å². The Balaban J connectivity index is 1.50. The van der Waals surface area contributed by atoms with Crippen LogP contribution in [0.4, 0.5) is 11.4 Å². The normalized spacial score (nSPS) is 11.8. The van der Waals surface area contributed by atoms with Crippen LogP contribution in [0.5, 0.6) is 0 Å². The number of aromatic carboxylic acids is 1. The van der Waals surface area contributed by atoms with Crippen molar-refractivity contribution in [2.24, 2.45) is 0 Å². The Labute approximate surface area is 272 Å². The summed E-state index contributed by atoms with van der Waals surface area (Å²) >= 11 is 19.7. The van der Waals surface area contributed by atoms with Gasteiger partial charge in [0.05, 0.1) is 21.5 Å². The van der Waals surface area contributed by atoms with Crippen LogP contribution in [0.25, 0.3) is 6.08 Å². The molecule has 0 saturated carbocycles. The molecule has 3 amide bonds. The van der Waals surface area contributed by atoms with E-state index in [4.69, 9.17) is 34.8 Å². The minimum atomic E-state index is -1.15. The molecule has 0 aromatic heterocycles. The van der Waals surface area contributed by atoms with E-state index in [1.54, 1.807) is 73.7 Å². The second-order valence-corrected chi connectivity index (χ2v) is 11.9. The van der Waals surface area contributed by atoms with Gasteiger partial charge in [-0.1, -0.05) is 65.1 Å². The topological polar surface area (TPSA) is 125 Å². The number of thioether (sulfide) groups is 1. The van der Waals surface area contributed by atoms with E-state index < -0.39 is 28.9 Å². The maximum absolute atomic E-state index is 13.4. The van der Waals surface area contributed by atoms with Gasteiger partial charge in [-0.15, -0.1) is 11.8 Å². The minimum Gasteiger partial charge on any atom is -0.478 e. The number of rotatable bonds is 10. The third-order valence-corrected chi connectivity index (χ3v) is 8.02. The van der Waals surface area contributed by atoms with E-state index in [9.17, 15) is 24.3 Å². The average Bonchev–Trinajstić information content (AvgIpc) is 2.99. The molecule has 4 N–H and O–H groups in total. The summed E-state index contributed by atoms with van der Waals surface area (Å²) in [5.41, 5.74) is 1.34. The number of hydrogen-bond donors (Lipinski definition) is 4. The molecule has 4 rings (SSSR count). The maximum Gasteiger partial charge on any atom is 0.335 e. The van der Waals surface area contributed by atoms with Crippen molar-refractivity contribution < 1.29 is 24.3 Å². The zero-order valence-corrected chi connectivity index (χ0v) is 26.0. The molecule has 0 fully saturated rings. The number of amides is 3. The van der Waals surface area contributed by atoms with Gasteiger partial charge in [0.1, 0.15) is 5.70 Å². The Kier molecular flexibility index (Phi) is 11.1. The third kappa shape index (κ3) is 8.87. The van der Waals surface area contributed by atoms with Crippen molar-refractivity contribution in [3.63, 3.8) is 0 Å². The summed E-state index contributed by atoms with van der Waals surface area (Å²) in [5.74, 6) is -2.65. The van der Waals surface area contributed by atoms with Crippen LogP contribution in [0, 0.1) is 0 Å². The summed E-state index contributed by atoms with van der Waals surface area (Å²) in [7, 11) is 0. The first-order valence-corrected chi connectivity index (χ1v) is 15.0. The fourth-order valence-electron chi connectivity index (χ4n) is 3.81. The average molecular weight is 669 g/mol. The molecule has 224 valence electrons. The van der Waals surface area contributed by atoms with Gasteiger partial charge in [-0.05, 0) is 79.2 Å². The molecule has 4 aromatic carbocycles. The van der Waals surface area contributed by atoms with E-state index in [0.29, 0.717) is 31.8 Å². The van der Waals surface area contributed by atoms with Crippen molar-refractivity contribution in [1.29, 1.82) is 0 Å². The molecular weight excluding hydrogens is 645 g/mol. The van der Waals surface area contributed by atoms with Crippen LogP contribution in [0.3, 0.4) is 0 Å². The quantitative estimate of drug-likeness (QED) is 0.101. The Bertz CT molecular complexity index is 1770. The van der Waals surface area contributed by atoms with Gasteiger partial charge in [0.2, 0.25) is 5.91 Å². The summed E-state index contributed by atoms with van der Waals surface area (Å²) in [5, 5.41) is 17.6. The SMILES string of the molecule is CC(Sc1cccc(NC(=O)/C(=C\c2ccc(Cl)cc2Cl)NC(=O)c2ccccc2)c1)C(=O)Nc1cc(C(=O)O)ccc1Cl. The van der Waals surface area contributed by atoms with Crippen molar-refractivity contribution in [2.75, 3.05) is 10.6 Å². The number of halogens is 3. The van der Waals surface area contributed by atoms with Gasteiger partial charge in [0.25, 0.3) is 11.8 Å². The molecule has 0 bridgehead atoms. The number of carbonyl (C=O) groups excluding carboxylic acids is 3. The Morgan fingerprint density at radius 2 is 1.55 bits per heavy atom. The van der Waals surface area contributed by atoms with Crippen molar-refractivity contribution >= 4 is 87.7 Å². The first kappa shape index (κ1) is 32.6. The fraction of sp³-hybridized carbons (Fsp3) is 0.0625. The molecule has 44 heavy (non-hydrogen) atoms. The predicted octanol–water partition coefficient (Wildman–Crippen LogP) is 7.87. The summed E-state index contributed by atoms with van der Waals surface area (Å²) in [4.78, 5) is 51.2. The molecule has 0 heterocycles. The Morgan fingerprint density at radius 3 is 2.25 bits per heavy atom. The summed E-state index contributed by atoms with van der Waals surface area (Å²) in [6, 6.07) is 24.0. The van der Waals surface area contributed by atoms with Crippen LogP contribution < -0.4 is 16.0 Å². The lowest BCUT2D eigenvalue weighted by atomic mass is 10.1. The summed E-state index contributed by atoms with van der Waals surface area (Å²) in [6.45, 7) is 1.68. The fourth-order valence-corrected chi connectivity index (χ4v) is 5.36. The Hall–Kier alpha value is -4.28. The number of carboxylic acids is 1. The molecule has 0 aliphatic heterocycles. The number of carboxylic acid groups (broad SMARTS) is 1. The lowest BCUT2D eigenvalue weighted by molar-refractivity contribution is -0.115. The lowest BCUT2D eigenvalue weighted by Gasteiger charge is -2.15. The van der Waals surface area contributed by atoms with Crippen LogP contribution >= 0.6 is 46.6 Å². The second kappa shape index (κ2) is 14.9. The van der Waals surface area contributed by atoms with Crippen molar-refractivity contribution in [3.8, 4) is 0 Å². The molecule has 12 heteroatoms. The predicted molar refractivity (Wildman–Crippen MR) is 176 cm³/mol. The van der Waals surface area contributed by atoms with Gasteiger partial charge < -0.3 is 21.1 Å². The standard InChI is InChI=1S/C32H24Cl3N3O5S/c1-18(29(39)37-27-15-21(32(42)43)11-13-25(27)34)44-24-9-5-8-23(17-24)36-31(41)28(14-20-10-12-22(33)16-26(20)35)38-30(40)19-6-3-2-4-7-19/h2-18H,1H3,(H,36,41)(H,37,39)(H,38,40)(H,42,43)/b28-14+. The largest absolute Gasteiger partial charge is 0.478 e. The number of nitrogens with one attached hydrogen (secondary N) is 3. The molecule has 0 radical (unpaired) electrons. The maximum atomic E-state index is 13.4. The highest BCUT2D eigenvalue weighted by atomic mass is 35.5. The van der Waals surface area contributed by atoms with Gasteiger partial charge in [-0.2, -0.15) is 0 Å². The zero-order valence-electron chi connectivity index (χ0n) is 22.9. The van der Waals surface area contributed by atoms with E-state index in [0.717, 1.165) is 0 Å². The van der Waals surface area contributed by atoms with Crippen molar-refractivity contribution in [2.45, 2.75) is 17.1 Å². The van der Waals surface area contributed by atoms with E-state index >= 15 is 0 Å². The smallest absolute Gasteiger partial charge is 0.335 e. The molecular formula is C32H24Cl3N3O5S. The summed E-state index contributed by atoms with van der Waals surface area (Å²) in [6.07, 6.45) is 1.45. The molecule has 4 aromatic rings. The minimum absolute atomic E-state index is 0.0137. The molecule has 0 aliphatic rings. The third-order valence-electron chi connectivity index (χ3n) is 6.04.